The minimum Gasteiger partial charge on any atom is -0.444 e. The maximum Gasteiger partial charge on any atom is 0.290 e. The van der Waals surface area contributed by atoms with Crippen LogP contribution in [0.5, 0.6) is 0 Å². The normalized spacial score (nSPS) is 19.0. The molecule has 0 saturated carbocycles. The predicted octanol–water partition coefficient (Wildman–Crippen LogP) is 1.87. The molecule has 1 saturated heterocycles. The highest BCUT2D eigenvalue weighted by Gasteiger charge is 2.33. The molecular formula is C14H17BrN4O2. The van der Waals surface area contributed by atoms with E-state index in [1.54, 1.807) is 6.20 Å². The number of nitrogens with zero attached hydrogens (tertiary/aromatic N) is 3. The van der Waals surface area contributed by atoms with Crippen LogP contribution in [0.3, 0.4) is 0 Å². The van der Waals surface area contributed by atoms with Gasteiger partial charge in [-0.3, -0.25) is 4.79 Å². The number of aryl methyl sites for hydroxylation is 2. The molecule has 7 heteroatoms. The van der Waals surface area contributed by atoms with Crippen LogP contribution in [0, 0.1) is 6.92 Å². The number of aromatic nitrogens is 2. The van der Waals surface area contributed by atoms with E-state index < -0.39 is 0 Å². The van der Waals surface area contributed by atoms with Gasteiger partial charge in [0.2, 0.25) is 0 Å². The van der Waals surface area contributed by atoms with Gasteiger partial charge in [0.1, 0.15) is 11.9 Å². The molecule has 1 atom stereocenters. The fourth-order valence-electron chi connectivity index (χ4n) is 2.66. The van der Waals surface area contributed by atoms with Crippen LogP contribution >= 0.6 is 15.9 Å². The number of imidazole rings is 1. The van der Waals surface area contributed by atoms with Gasteiger partial charge in [-0.05, 0) is 28.9 Å². The zero-order chi connectivity index (χ0) is 15.0. The van der Waals surface area contributed by atoms with Crippen molar-refractivity contribution >= 4 is 21.8 Å². The van der Waals surface area contributed by atoms with Crippen molar-refractivity contribution < 1.29 is 9.21 Å². The zero-order valence-electron chi connectivity index (χ0n) is 12.0. The standard InChI is InChI=1S/C14H17BrN4O2/c1-9-7-11(15)21-12(9)14(20)19-6-3-16-8-10(19)13-17-4-5-18(13)2/h4-5,7,10,16H,3,6,8H2,1-2H3. The molecule has 0 spiro atoms. The van der Waals surface area contributed by atoms with E-state index in [2.05, 4.69) is 26.2 Å². The van der Waals surface area contributed by atoms with Crippen LogP contribution in [0.1, 0.15) is 28.0 Å². The molecule has 2 aromatic heterocycles. The average Bonchev–Trinajstić information content (AvgIpc) is 3.03. The van der Waals surface area contributed by atoms with E-state index in [1.165, 1.54) is 0 Å². The van der Waals surface area contributed by atoms with Crippen molar-refractivity contribution in [3.63, 3.8) is 0 Å². The van der Waals surface area contributed by atoms with E-state index >= 15 is 0 Å². The van der Waals surface area contributed by atoms with Crippen LogP contribution in [-0.2, 0) is 7.05 Å². The molecule has 0 aliphatic carbocycles. The maximum absolute atomic E-state index is 12.8. The number of amides is 1. The lowest BCUT2D eigenvalue weighted by molar-refractivity contribution is 0.0586. The summed E-state index contributed by atoms with van der Waals surface area (Å²) in [6.45, 7) is 3.97. The molecule has 2 aromatic rings. The van der Waals surface area contributed by atoms with Gasteiger partial charge in [0, 0.05) is 44.6 Å². The van der Waals surface area contributed by atoms with E-state index in [9.17, 15) is 4.79 Å². The highest BCUT2D eigenvalue weighted by atomic mass is 79.9. The number of carbonyl (C=O) groups is 1. The Morgan fingerprint density at radius 3 is 3.00 bits per heavy atom. The summed E-state index contributed by atoms with van der Waals surface area (Å²) in [5.74, 6) is 1.18. The monoisotopic (exact) mass is 352 g/mol. The second-order valence-corrected chi connectivity index (χ2v) is 5.96. The van der Waals surface area contributed by atoms with E-state index in [1.807, 2.05) is 35.7 Å². The minimum atomic E-state index is -0.0901. The van der Waals surface area contributed by atoms with Gasteiger partial charge in [-0.15, -0.1) is 0 Å². The number of halogens is 1. The fourth-order valence-corrected chi connectivity index (χ4v) is 3.17. The Bertz CT molecular complexity index is 664. The number of carbonyl (C=O) groups excluding carboxylic acids is 1. The third-order valence-corrected chi connectivity index (χ3v) is 4.13. The van der Waals surface area contributed by atoms with Crippen molar-refractivity contribution in [2.45, 2.75) is 13.0 Å². The summed E-state index contributed by atoms with van der Waals surface area (Å²) in [5.41, 5.74) is 0.837. The van der Waals surface area contributed by atoms with Crippen molar-refractivity contribution in [3.8, 4) is 0 Å². The SMILES string of the molecule is Cc1cc(Br)oc1C(=O)N1CCNCC1c1nccn1C. The Labute approximate surface area is 131 Å². The lowest BCUT2D eigenvalue weighted by atomic mass is 10.1. The van der Waals surface area contributed by atoms with Crippen LogP contribution < -0.4 is 5.32 Å². The average molecular weight is 353 g/mol. The minimum absolute atomic E-state index is 0.0884. The van der Waals surface area contributed by atoms with Gasteiger partial charge in [-0.2, -0.15) is 0 Å². The first-order valence-corrected chi connectivity index (χ1v) is 7.62. The summed E-state index contributed by atoms with van der Waals surface area (Å²) in [7, 11) is 1.94. The lowest BCUT2D eigenvalue weighted by Crippen LogP contribution is -2.49. The third-order valence-electron chi connectivity index (χ3n) is 3.74. The number of nitrogens with one attached hydrogen (secondary N) is 1. The number of hydrogen-bond acceptors (Lipinski definition) is 4. The summed E-state index contributed by atoms with van der Waals surface area (Å²) in [4.78, 5) is 19.0. The largest absolute Gasteiger partial charge is 0.444 e. The molecule has 1 unspecified atom stereocenters. The van der Waals surface area contributed by atoms with Crippen LogP contribution in [0.4, 0.5) is 0 Å². The fraction of sp³-hybridized carbons (Fsp3) is 0.429. The molecule has 21 heavy (non-hydrogen) atoms. The molecule has 3 rings (SSSR count). The molecule has 1 fully saturated rings. The highest BCUT2D eigenvalue weighted by Crippen LogP contribution is 2.26. The van der Waals surface area contributed by atoms with Crippen molar-refractivity contribution in [1.29, 1.82) is 0 Å². The molecule has 3 heterocycles. The summed E-state index contributed by atoms with van der Waals surface area (Å²) >= 11 is 3.27. The van der Waals surface area contributed by atoms with Crippen molar-refractivity contribution in [2.75, 3.05) is 19.6 Å². The molecule has 1 amide bonds. The Kier molecular flexibility index (Phi) is 3.86. The first-order chi connectivity index (χ1) is 10.1. The summed E-state index contributed by atoms with van der Waals surface area (Å²) in [6.07, 6.45) is 3.64. The molecule has 0 bridgehead atoms. The van der Waals surface area contributed by atoms with E-state index in [0.29, 0.717) is 23.5 Å². The van der Waals surface area contributed by atoms with Crippen molar-refractivity contribution in [2.24, 2.45) is 7.05 Å². The molecule has 1 aliphatic rings. The predicted molar refractivity (Wildman–Crippen MR) is 81.0 cm³/mol. The lowest BCUT2D eigenvalue weighted by Gasteiger charge is -2.35. The Hall–Kier alpha value is -1.60. The Morgan fingerprint density at radius 1 is 1.57 bits per heavy atom. The summed E-state index contributed by atoms with van der Waals surface area (Å²) in [5, 5.41) is 3.32. The number of rotatable bonds is 2. The van der Waals surface area contributed by atoms with Crippen LogP contribution in [-0.4, -0.2) is 40.0 Å². The quantitative estimate of drug-likeness (QED) is 0.896. The summed E-state index contributed by atoms with van der Waals surface area (Å²) < 4.78 is 8.03. The number of furan rings is 1. The third kappa shape index (κ3) is 2.63. The van der Waals surface area contributed by atoms with Crippen molar-refractivity contribution in [1.82, 2.24) is 19.8 Å². The molecular weight excluding hydrogens is 336 g/mol. The van der Waals surface area contributed by atoms with Gasteiger partial charge >= 0.3 is 0 Å². The van der Waals surface area contributed by atoms with E-state index in [0.717, 1.165) is 17.9 Å². The van der Waals surface area contributed by atoms with Gasteiger partial charge in [0.05, 0.1) is 0 Å². The zero-order valence-corrected chi connectivity index (χ0v) is 13.6. The number of piperazine rings is 1. The van der Waals surface area contributed by atoms with Gasteiger partial charge in [-0.1, -0.05) is 0 Å². The molecule has 112 valence electrons. The second-order valence-electron chi connectivity index (χ2n) is 5.18. The second kappa shape index (κ2) is 5.65. The molecule has 0 radical (unpaired) electrons. The molecule has 1 aliphatic heterocycles. The first kappa shape index (κ1) is 14.3. The van der Waals surface area contributed by atoms with Crippen LogP contribution in [0.15, 0.2) is 27.5 Å². The molecule has 6 nitrogen and oxygen atoms in total. The van der Waals surface area contributed by atoms with Crippen LogP contribution in [0.25, 0.3) is 0 Å². The smallest absolute Gasteiger partial charge is 0.290 e. The van der Waals surface area contributed by atoms with Gasteiger partial charge in [-0.25, -0.2) is 4.98 Å². The Morgan fingerprint density at radius 2 is 2.38 bits per heavy atom. The van der Waals surface area contributed by atoms with Crippen molar-refractivity contribution in [3.05, 3.63) is 40.3 Å². The topological polar surface area (TPSA) is 63.3 Å². The Balaban J connectivity index is 1.93. The maximum atomic E-state index is 12.8. The number of hydrogen-bond donors (Lipinski definition) is 1. The van der Waals surface area contributed by atoms with E-state index in [-0.39, 0.29) is 11.9 Å². The first-order valence-electron chi connectivity index (χ1n) is 6.82. The van der Waals surface area contributed by atoms with Crippen LogP contribution in [0.2, 0.25) is 0 Å². The van der Waals surface area contributed by atoms with Gasteiger partial charge in [0.25, 0.3) is 5.91 Å². The van der Waals surface area contributed by atoms with E-state index in [4.69, 9.17) is 4.42 Å². The van der Waals surface area contributed by atoms with Gasteiger partial charge < -0.3 is 19.2 Å². The molecule has 1 N–H and O–H groups in total. The summed E-state index contributed by atoms with van der Waals surface area (Å²) in [6, 6.07) is 1.72. The highest BCUT2D eigenvalue weighted by molar-refractivity contribution is 9.10. The van der Waals surface area contributed by atoms with Gasteiger partial charge in [0.15, 0.2) is 10.4 Å². The molecule has 0 aromatic carbocycles.